The van der Waals surface area contributed by atoms with E-state index in [1.165, 1.54) is 36.0 Å². The summed E-state index contributed by atoms with van der Waals surface area (Å²) < 4.78 is 0. The Bertz CT molecular complexity index is 3360. The highest BCUT2D eigenvalue weighted by Crippen LogP contribution is 2.66. The first kappa shape index (κ1) is 50.7. The van der Waals surface area contributed by atoms with Crippen LogP contribution in [0.4, 0.5) is 0 Å². The van der Waals surface area contributed by atoms with Gasteiger partial charge in [-0.05, 0) is 175 Å². The van der Waals surface area contributed by atoms with Crippen LogP contribution >= 0.6 is 34.0 Å². The molecule has 0 saturated heterocycles. The zero-order valence-corrected chi connectivity index (χ0v) is 45.1. The summed E-state index contributed by atoms with van der Waals surface area (Å²) in [7, 11) is 0. The van der Waals surface area contributed by atoms with Gasteiger partial charge in [0.2, 0.25) is 0 Å². The first-order valence-corrected chi connectivity index (χ1v) is 29.1. The number of hydrogen-bond donors (Lipinski definition) is 0. The molecule has 7 aromatic rings. The highest BCUT2D eigenvalue weighted by atomic mass is 32.1. The van der Waals surface area contributed by atoms with Crippen LogP contribution in [0.2, 0.25) is 0 Å². The van der Waals surface area contributed by atoms with E-state index in [4.69, 9.17) is 0 Å². The number of rotatable bonds is 18. The predicted octanol–water partition coefficient (Wildman–Crippen LogP) is 18.7. The molecular formula is C66H54N6S3. The summed E-state index contributed by atoms with van der Waals surface area (Å²) in [5.74, 6) is 0. The van der Waals surface area contributed by atoms with Gasteiger partial charge in [0.1, 0.15) is 53.1 Å². The molecular weight excluding hydrogens is 973 g/mol. The maximum absolute atomic E-state index is 11.0. The maximum atomic E-state index is 11.0. The minimum atomic E-state index is -0.0746. The average Bonchev–Trinajstić information content (AvgIpc) is 4.47. The molecule has 4 aromatic carbocycles. The van der Waals surface area contributed by atoms with E-state index in [1.807, 2.05) is 18.2 Å². The van der Waals surface area contributed by atoms with Crippen molar-refractivity contribution in [2.45, 2.75) is 117 Å². The number of nitriles is 6. The van der Waals surface area contributed by atoms with Crippen LogP contribution in [0.1, 0.15) is 148 Å². The first-order valence-electron chi connectivity index (χ1n) is 26.4. The van der Waals surface area contributed by atoms with E-state index in [2.05, 4.69) is 128 Å². The lowest BCUT2D eigenvalue weighted by Crippen LogP contribution is -1.99. The molecule has 3 aliphatic carbocycles. The summed E-state index contributed by atoms with van der Waals surface area (Å²) in [6.07, 6.45) is 16.5. The van der Waals surface area contributed by atoms with E-state index >= 15 is 0 Å². The molecule has 3 heterocycles. The molecule has 3 aromatic heterocycles. The number of fused-ring (bicyclic) bond motifs is 12. The zero-order chi connectivity index (χ0) is 52.2. The van der Waals surface area contributed by atoms with E-state index < -0.39 is 0 Å². The zero-order valence-electron chi connectivity index (χ0n) is 42.7. The number of nitrogens with zero attached hydrogens (tertiary/aromatic N) is 6. The van der Waals surface area contributed by atoms with Crippen LogP contribution in [0.15, 0.2) is 106 Å². The predicted molar refractivity (Wildman–Crippen MR) is 308 cm³/mol. The maximum Gasteiger partial charge on any atom is 0.138 e. The van der Waals surface area contributed by atoms with E-state index in [9.17, 15) is 31.6 Å². The Labute approximate surface area is 453 Å². The molecule has 0 saturated carbocycles. The monoisotopic (exact) mass is 1030 g/mol. The molecule has 0 radical (unpaired) electrons. The lowest BCUT2D eigenvalue weighted by Gasteiger charge is -2.19. The minimum absolute atomic E-state index is 0.0746. The van der Waals surface area contributed by atoms with Gasteiger partial charge in [0.05, 0.1) is 0 Å². The van der Waals surface area contributed by atoms with Crippen LogP contribution < -0.4 is 0 Å². The smallest absolute Gasteiger partial charge is 0.138 e. The molecule has 0 fully saturated rings. The quantitative estimate of drug-likeness (QED) is 0.0618. The molecule has 9 heteroatoms. The van der Waals surface area contributed by atoms with Crippen molar-refractivity contribution in [1.29, 1.82) is 31.6 Å². The third-order valence-electron chi connectivity index (χ3n) is 15.3. The summed E-state index contributed by atoms with van der Waals surface area (Å²) in [5.41, 5.74) is 16.5. The Morgan fingerprint density at radius 3 is 0.867 bits per heavy atom. The number of aryl methyl sites for hydroxylation is 3. The van der Waals surface area contributed by atoms with E-state index in [0.717, 1.165) is 142 Å². The van der Waals surface area contributed by atoms with Gasteiger partial charge in [-0.15, -0.1) is 34.0 Å². The number of hydrogen-bond acceptors (Lipinski definition) is 9. The second-order valence-corrected chi connectivity index (χ2v) is 22.5. The van der Waals surface area contributed by atoms with Crippen molar-refractivity contribution >= 4 is 50.7 Å². The highest BCUT2D eigenvalue weighted by molar-refractivity contribution is 7.14. The van der Waals surface area contributed by atoms with Crippen LogP contribution in [0, 0.1) is 68.0 Å². The fraction of sp³-hybridized carbons (Fsp3) is 0.273. The molecule has 0 bridgehead atoms. The summed E-state index contributed by atoms with van der Waals surface area (Å²) in [4.78, 5) is 3.46. The van der Waals surface area contributed by atoms with Crippen molar-refractivity contribution in [2.24, 2.45) is 0 Å². The highest BCUT2D eigenvalue weighted by Gasteiger charge is 2.45. The molecule has 366 valence electrons. The topological polar surface area (TPSA) is 143 Å². The van der Waals surface area contributed by atoms with Crippen LogP contribution in [0.3, 0.4) is 0 Å². The number of unbranched alkanes of at least 4 members (excludes halogenated alkanes) is 9. The molecule has 0 N–H and O–H groups in total. The molecule has 3 aliphatic rings. The van der Waals surface area contributed by atoms with E-state index in [-0.39, 0.29) is 16.7 Å². The Kier molecular flexibility index (Phi) is 15.1. The molecule has 0 unspecified atom stereocenters. The van der Waals surface area contributed by atoms with Gasteiger partial charge in [-0.25, -0.2) is 0 Å². The second-order valence-electron chi connectivity index (χ2n) is 19.7. The molecule has 6 nitrogen and oxygen atoms in total. The third-order valence-corrected chi connectivity index (χ3v) is 18.3. The van der Waals surface area contributed by atoms with Crippen molar-refractivity contribution in [3.05, 3.63) is 156 Å². The number of allylic oxidation sites excluding steroid dienone is 3. The minimum Gasteiger partial charge on any atom is -0.192 e. The molecule has 0 aliphatic heterocycles. The summed E-state index contributed by atoms with van der Waals surface area (Å²) in [6, 6.07) is 39.2. The molecule has 10 rings (SSSR count). The van der Waals surface area contributed by atoms with Crippen molar-refractivity contribution in [3.63, 3.8) is 0 Å². The van der Waals surface area contributed by atoms with Crippen LogP contribution in [-0.4, -0.2) is 0 Å². The van der Waals surface area contributed by atoms with Crippen molar-refractivity contribution in [2.75, 3.05) is 0 Å². The van der Waals surface area contributed by atoms with Gasteiger partial charge in [-0.3, -0.25) is 0 Å². The van der Waals surface area contributed by atoms with Crippen LogP contribution in [0.5, 0.6) is 0 Å². The van der Waals surface area contributed by atoms with E-state index in [1.54, 1.807) is 34.0 Å². The normalized spacial score (nSPS) is 12.0. The molecule has 0 spiro atoms. The van der Waals surface area contributed by atoms with Crippen molar-refractivity contribution in [3.8, 4) is 101 Å². The molecule has 75 heavy (non-hydrogen) atoms. The van der Waals surface area contributed by atoms with Gasteiger partial charge in [0.15, 0.2) is 0 Å². The van der Waals surface area contributed by atoms with Gasteiger partial charge in [-0.2, -0.15) is 31.6 Å². The SMILES string of the molecule is CCCCCCc1ccsc1-c1ccc2c(c1)-c1c(c3c(c4c1C(=C(C#N)C#N)c1ccc(-c5sccc5CCCCCC)cc1-4)C(=C(C#N)C#N)c1ccc(-c4sccc4CCCCCC)cc1-3)C2=C(C#N)C#N. The standard InChI is InChI=1S/C66H54N6S3/c1-4-7-10-13-16-40-25-28-73-64(40)43-19-22-49-52(31-43)58-61(55(49)46(34-67)35-68)59-54-33-45(66-42(27-30-75-66)18-15-12-9-6-3)21-24-51(54)57(48(38-71)39-72)63(59)60-53-32-44(65-41(26-29-74-65)17-14-11-8-5-2)20-23-50(53)56(62(58)60)47(36-69)37-70/h19-33H,4-18H2,1-3H3. The van der Waals surface area contributed by atoms with Crippen LogP contribution in [0.25, 0.3) is 81.4 Å². The lowest BCUT2D eigenvalue weighted by molar-refractivity contribution is 0.668. The average molecular weight is 1030 g/mol. The lowest BCUT2D eigenvalue weighted by atomic mass is 9.82. The van der Waals surface area contributed by atoms with Crippen molar-refractivity contribution in [1.82, 2.24) is 0 Å². The molecule has 0 amide bonds. The second kappa shape index (κ2) is 22.3. The number of benzene rings is 4. The Balaban J connectivity index is 1.34. The fourth-order valence-electron chi connectivity index (χ4n) is 11.8. The Hall–Kier alpha value is -7.86. The molecule has 0 atom stereocenters. The summed E-state index contributed by atoms with van der Waals surface area (Å²) >= 11 is 5.09. The first-order chi connectivity index (χ1) is 36.9. The van der Waals surface area contributed by atoms with E-state index in [0.29, 0.717) is 50.1 Å². The van der Waals surface area contributed by atoms with Crippen molar-refractivity contribution < 1.29 is 0 Å². The Morgan fingerprint density at radius 1 is 0.333 bits per heavy atom. The fourth-order valence-corrected chi connectivity index (χ4v) is 14.7. The van der Waals surface area contributed by atoms with Gasteiger partial charge >= 0.3 is 0 Å². The number of thiophene rings is 3. The summed E-state index contributed by atoms with van der Waals surface area (Å²) in [5, 5.41) is 72.6. The largest absolute Gasteiger partial charge is 0.192 e. The third kappa shape index (κ3) is 8.87. The summed E-state index contributed by atoms with van der Waals surface area (Å²) in [6.45, 7) is 6.66. The Morgan fingerprint density at radius 2 is 0.613 bits per heavy atom. The van der Waals surface area contributed by atoms with Gasteiger partial charge in [0, 0.05) is 48.0 Å². The van der Waals surface area contributed by atoms with Gasteiger partial charge in [0.25, 0.3) is 0 Å². The van der Waals surface area contributed by atoms with Gasteiger partial charge < -0.3 is 0 Å². The van der Waals surface area contributed by atoms with Crippen LogP contribution in [-0.2, 0) is 19.3 Å². The van der Waals surface area contributed by atoms with Gasteiger partial charge in [-0.1, -0.05) is 115 Å².